The van der Waals surface area contributed by atoms with Crippen LogP contribution in [-0.4, -0.2) is 40.4 Å². The Morgan fingerprint density at radius 3 is 2.62 bits per heavy atom. The summed E-state index contributed by atoms with van der Waals surface area (Å²) in [5, 5.41) is 12.2. The predicted molar refractivity (Wildman–Crippen MR) is 97.0 cm³/mol. The number of hydrogen-bond acceptors (Lipinski definition) is 4. The van der Waals surface area contributed by atoms with Gasteiger partial charge in [0.05, 0.1) is 12.0 Å². The maximum Gasteiger partial charge on any atom is 0.335 e. The number of carbonyl (C=O) groups is 3. The van der Waals surface area contributed by atoms with E-state index >= 15 is 0 Å². The SMILES string of the molecule is Cc1ccc(C(=O)O)cc1N[C@H]1CC(=O)N(CCc2ccccc2)C1=O. The highest BCUT2D eigenvalue weighted by atomic mass is 16.4. The van der Waals surface area contributed by atoms with Gasteiger partial charge in [-0.3, -0.25) is 14.5 Å². The number of carboxylic acid groups (broad SMARTS) is 1. The molecule has 0 unspecified atom stereocenters. The summed E-state index contributed by atoms with van der Waals surface area (Å²) in [6.07, 6.45) is 0.683. The molecule has 0 radical (unpaired) electrons. The standard InChI is InChI=1S/C20H20N2O4/c1-13-7-8-15(20(25)26)11-16(13)21-17-12-18(23)22(19(17)24)10-9-14-5-3-2-4-6-14/h2-8,11,17,21H,9-10,12H2,1H3,(H,25,26)/t17-/m0/s1. The van der Waals surface area contributed by atoms with Crippen molar-refractivity contribution in [2.45, 2.75) is 25.8 Å². The maximum atomic E-state index is 12.6. The summed E-state index contributed by atoms with van der Waals surface area (Å²) < 4.78 is 0. The molecular weight excluding hydrogens is 332 g/mol. The van der Waals surface area contributed by atoms with Gasteiger partial charge in [-0.15, -0.1) is 0 Å². The first-order valence-electron chi connectivity index (χ1n) is 8.44. The van der Waals surface area contributed by atoms with Crippen molar-refractivity contribution >= 4 is 23.5 Å². The molecule has 1 atom stereocenters. The van der Waals surface area contributed by atoms with Crippen molar-refractivity contribution in [3.05, 3.63) is 65.2 Å². The molecule has 6 nitrogen and oxygen atoms in total. The summed E-state index contributed by atoms with van der Waals surface area (Å²) in [7, 11) is 0. The van der Waals surface area contributed by atoms with E-state index in [0.29, 0.717) is 18.7 Å². The number of aryl methyl sites for hydroxylation is 1. The van der Waals surface area contributed by atoms with Crippen LogP contribution in [0.1, 0.15) is 27.9 Å². The Labute approximate surface area is 151 Å². The second-order valence-corrected chi connectivity index (χ2v) is 6.36. The Kier molecular flexibility index (Phi) is 5.02. The van der Waals surface area contributed by atoms with Crippen LogP contribution in [0.3, 0.4) is 0 Å². The van der Waals surface area contributed by atoms with Gasteiger partial charge in [-0.25, -0.2) is 4.79 Å². The van der Waals surface area contributed by atoms with Gasteiger partial charge in [0, 0.05) is 12.2 Å². The lowest BCUT2D eigenvalue weighted by Gasteiger charge is -2.17. The molecular formula is C20H20N2O4. The molecule has 0 saturated carbocycles. The molecule has 134 valence electrons. The van der Waals surface area contributed by atoms with Crippen LogP contribution in [0.2, 0.25) is 0 Å². The summed E-state index contributed by atoms with van der Waals surface area (Å²) >= 11 is 0. The molecule has 2 aromatic carbocycles. The molecule has 1 saturated heterocycles. The molecule has 26 heavy (non-hydrogen) atoms. The molecule has 6 heteroatoms. The molecule has 1 heterocycles. The van der Waals surface area contributed by atoms with Crippen molar-refractivity contribution in [1.29, 1.82) is 0 Å². The average molecular weight is 352 g/mol. The van der Waals surface area contributed by atoms with E-state index in [2.05, 4.69) is 5.32 Å². The number of benzene rings is 2. The molecule has 0 aliphatic carbocycles. The third-order valence-electron chi connectivity index (χ3n) is 4.53. The molecule has 1 aliphatic rings. The first-order chi connectivity index (χ1) is 12.5. The van der Waals surface area contributed by atoms with Crippen LogP contribution in [0.4, 0.5) is 5.69 Å². The third-order valence-corrected chi connectivity index (χ3v) is 4.53. The minimum Gasteiger partial charge on any atom is -0.478 e. The number of likely N-dealkylation sites (tertiary alicyclic amines) is 1. The highest BCUT2D eigenvalue weighted by Gasteiger charge is 2.38. The summed E-state index contributed by atoms with van der Waals surface area (Å²) in [6, 6.07) is 13.7. The lowest BCUT2D eigenvalue weighted by Crippen LogP contribution is -2.36. The normalized spacial score (nSPS) is 16.8. The van der Waals surface area contributed by atoms with Gasteiger partial charge in [0.2, 0.25) is 5.91 Å². The highest BCUT2D eigenvalue weighted by Crippen LogP contribution is 2.23. The van der Waals surface area contributed by atoms with Crippen LogP contribution in [0, 0.1) is 6.92 Å². The van der Waals surface area contributed by atoms with E-state index in [-0.39, 0.29) is 23.8 Å². The van der Waals surface area contributed by atoms with Crippen molar-refractivity contribution in [3.8, 4) is 0 Å². The summed E-state index contributed by atoms with van der Waals surface area (Å²) in [5.41, 5.74) is 2.57. The molecule has 2 amide bonds. The molecule has 0 spiro atoms. The Balaban J connectivity index is 1.69. The number of nitrogens with one attached hydrogen (secondary N) is 1. The Morgan fingerprint density at radius 1 is 1.19 bits per heavy atom. The number of carboxylic acids is 1. The van der Waals surface area contributed by atoms with Gasteiger partial charge in [-0.1, -0.05) is 36.4 Å². The van der Waals surface area contributed by atoms with Gasteiger partial charge in [0.15, 0.2) is 0 Å². The van der Waals surface area contributed by atoms with Crippen LogP contribution >= 0.6 is 0 Å². The number of imide groups is 1. The van der Waals surface area contributed by atoms with Gasteiger partial charge in [-0.2, -0.15) is 0 Å². The van der Waals surface area contributed by atoms with E-state index in [1.54, 1.807) is 6.07 Å². The van der Waals surface area contributed by atoms with E-state index in [4.69, 9.17) is 5.11 Å². The van der Waals surface area contributed by atoms with Crippen LogP contribution in [0.15, 0.2) is 48.5 Å². The van der Waals surface area contributed by atoms with Crippen molar-refractivity contribution in [3.63, 3.8) is 0 Å². The van der Waals surface area contributed by atoms with Gasteiger partial charge >= 0.3 is 5.97 Å². The minimum absolute atomic E-state index is 0.0738. The molecule has 1 fully saturated rings. The maximum absolute atomic E-state index is 12.6. The average Bonchev–Trinajstić information content (AvgIpc) is 2.89. The summed E-state index contributed by atoms with van der Waals surface area (Å²) in [4.78, 5) is 37.2. The summed E-state index contributed by atoms with van der Waals surface area (Å²) in [5.74, 6) is -1.52. The molecule has 2 N–H and O–H groups in total. The fraction of sp³-hybridized carbons (Fsp3) is 0.250. The van der Waals surface area contributed by atoms with Crippen molar-refractivity contribution in [2.24, 2.45) is 0 Å². The predicted octanol–water partition coefficient (Wildman–Crippen LogP) is 2.48. The number of amides is 2. The molecule has 0 aromatic heterocycles. The van der Waals surface area contributed by atoms with Gasteiger partial charge in [0.1, 0.15) is 6.04 Å². The van der Waals surface area contributed by atoms with E-state index in [9.17, 15) is 14.4 Å². The van der Waals surface area contributed by atoms with Gasteiger partial charge in [0.25, 0.3) is 5.91 Å². The number of hydrogen-bond donors (Lipinski definition) is 2. The Bertz CT molecular complexity index is 848. The van der Waals surface area contributed by atoms with Crippen LogP contribution in [-0.2, 0) is 16.0 Å². The smallest absolute Gasteiger partial charge is 0.335 e. The molecule has 3 rings (SSSR count). The number of nitrogens with zero attached hydrogens (tertiary/aromatic N) is 1. The lowest BCUT2D eigenvalue weighted by atomic mass is 10.1. The van der Waals surface area contributed by atoms with Gasteiger partial charge in [-0.05, 0) is 36.6 Å². The summed E-state index contributed by atoms with van der Waals surface area (Å²) in [6.45, 7) is 2.16. The monoisotopic (exact) mass is 352 g/mol. The van der Waals surface area contributed by atoms with E-state index in [0.717, 1.165) is 11.1 Å². The van der Waals surface area contributed by atoms with E-state index < -0.39 is 12.0 Å². The number of anilines is 1. The van der Waals surface area contributed by atoms with Gasteiger partial charge < -0.3 is 10.4 Å². The first kappa shape index (κ1) is 17.7. The lowest BCUT2D eigenvalue weighted by molar-refractivity contribution is -0.138. The Morgan fingerprint density at radius 2 is 1.92 bits per heavy atom. The fourth-order valence-electron chi connectivity index (χ4n) is 3.01. The first-order valence-corrected chi connectivity index (χ1v) is 8.44. The van der Waals surface area contributed by atoms with Crippen LogP contribution in [0.25, 0.3) is 0 Å². The molecule has 2 aromatic rings. The second-order valence-electron chi connectivity index (χ2n) is 6.36. The molecule has 1 aliphatic heterocycles. The number of rotatable bonds is 6. The second kappa shape index (κ2) is 7.39. The van der Waals surface area contributed by atoms with E-state index in [1.807, 2.05) is 37.3 Å². The highest BCUT2D eigenvalue weighted by molar-refractivity contribution is 6.07. The van der Waals surface area contributed by atoms with Crippen LogP contribution < -0.4 is 5.32 Å². The topological polar surface area (TPSA) is 86.7 Å². The largest absolute Gasteiger partial charge is 0.478 e. The van der Waals surface area contributed by atoms with Crippen LogP contribution in [0.5, 0.6) is 0 Å². The Hall–Kier alpha value is -3.15. The molecule has 0 bridgehead atoms. The number of carbonyl (C=O) groups excluding carboxylic acids is 2. The quantitative estimate of drug-likeness (QED) is 0.780. The van der Waals surface area contributed by atoms with Crippen molar-refractivity contribution in [2.75, 3.05) is 11.9 Å². The van der Waals surface area contributed by atoms with E-state index in [1.165, 1.54) is 17.0 Å². The zero-order chi connectivity index (χ0) is 18.7. The zero-order valence-corrected chi connectivity index (χ0v) is 14.4. The third kappa shape index (κ3) is 3.74. The number of aromatic carboxylic acids is 1. The minimum atomic E-state index is -1.04. The van der Waals surface area contributed by atoms with Crippen molar-refractivity contribution in [1.82, 2.24) is 4.90 Å². The zero-order valence-electron chi connectivity index (χ0n) is 14.4. The fourth-order valence-corrected chi connectivity index (χ4v) is 3.01. The van der Waals surface area contributed by atoms with Crippen molar-refractivity contribution < 1.29 is 19.5 Å².